The number of carbonyl (C=O) groups is 1. The first kappa shape index (κ1) is 31.5. The first-order valence-electron chi connectivity index (χ1n) is 12.2. The van der Waals surface area contributed by atoms with Gasteiger partial charge < -0.3 is 18.9 Å². The lowest BCUT2D eigenvalue weighted by Gasteiger charge is -2.24. The molecule has 0 saturated heterocycles. The highest BCUT2D eigenvalue weighted by atomic mass is 31.2. The molecular formula is C23H49NO7P+. The Balaban J connectivity index is 3.94. The van der Waals surface area contributed by atoms with E-state index < -0.39 is 13.9 Å². The number of phosphoric ester groups is 1. The van der Waals surface area contributed by atoms with Gasteiger partial charge in [0.25, 0.3) is 0 Å². The summed E-state index contributed by atoms with van der Waals surface area (Å²) in [5, 5.41) is 0. The van der Waals surface area contributed by atoms with Gasteiger partial charge in [-0.1, -0.05) is 71.1 Å². The molecule has 32 heavy (non-hydrogen) atoms. The fourth-order valence-electron chi connectivity index (χ4n) is 3.13. The van der Waals surface area contributed by atoms with E-state index in [2.05, 4.69) is 6.92 Å². The molecule has 0 rings (SSSR count). The number of ether oxygens (including phenoxy) is 2. The second-order valence-corrected chi connectivity index (χ2v) is 10.9. The minimum atomic E-state index is -4.20. The van der Waals surface area contributed by atoms with Crippen molar-refractivity contribution in [2.24, 2.45) is 0 Å². The molecule has 0 amide bonds. The average molecular weight is 483 g/mol. The van der Waals surface area contributed by atoms with E-state index >= 15 is 0 Å². The molecule has 1 N–H and O–H groups in total. The molecule has 0 bridgehead atoms. The van der Waals surface area contributed by atoms with Gasteiger partial charge in [0.15, 0.2) is 0 Å². The van der Waals surface area contributed by atoms with Crippen molar-refractivity contribution in [2.75, 3.05) is 54.6 Å². The van der Waals surface area contributed by atoms with E-state index in [9.17, 15) is 14.3 Å². The Morgan fingerprint density at radius 1 is 0.875 bits per heavy atom. The van der Waals surface area contributed by atoms with E-state index in [4.69, 9.17) is 18.5 Å². The highest BCUT2D eigenvalue weighted by molar-refractivity contribution is 7.47. The quantitative estimate of drug-likeness (QED) is 0.0995. The molecular weight excluding hydrogens is 433 g/mol. The Kier molecular flexibility index (Phi) is 18.6. The smallest absolute Gasteiger partial charge is 0.457 e. The number of likely N-dealkylation sites (N-methyl/N-ethyl adjacent to an activating group) is 1. The number of hydrogen-bond donors (Lipinski definition) is 1. The van der Waals surface area contributed by atoms with Crippen molar-refractivity contribution in [3.63, 3.8) is 0 Å². The van der Waals surface area contributed by atoms with E-state index in [1.165, 1.54) is 58.5 Å². The van der Waals surface area contributed by atoms with E-state index in [1.807, 2.05) is 21.1 Å². The summed E-state index contributed by atoms with van der Waals surface area (Å²) >= 11 is 0. The summed E-state index contributed by atoms with van der Waals surface area (Å²) in [6, 6.07) is 0. The molecule has 0 aliphatic heterocycles. The zero-order chi connectivity index (χ0) is 24.3. The third kappa shape index (κ3) is 21.4. The lowest BCUT2D eigenvalue weighted by atomic mass is 10.1. The molecule has 0 radical (unpaired) electrons. The number of nitrogens with zero attached hydrogens (tertiary/aromatic N) is 1. The number of unbranched alkanes of at least 4 members (excludes halogenated alkanes) is 10. The van der Waals surface area contributed by atoms with Crippen LogP contribution in [0.3, 0.4) is 0 Å². The number of phosphoric acid groups is 1. The van der Waals surface area contributed by atoms with Crippen LogP contribution in [0.2, 0.25) is 0 Å². The molecule has 2 atom stereocenters. The fraction of sp³-hybridized carbons (Fsp3) is 0.957. The SMILES string of the molecule is CCCCCCCCCCCCCC(=O)O[C@H](COC)COP(=O)(O)OCC[N+](C)(C)C. The van der Waals surface area contributed by atoms with E-state index in [0.29, 0.717) is 17.4 Å². The van der Waals surface area contributed by atoms with Crippen LogP contribution in [0.5, 0.6) is 0 Å². The highest BCUT2D eigenvalue weighted by Crippen LogP contribution is 2.43. The van der Waals surface area contributed by atoms with Gasteiger partial charge in [-0.25, -0.2) is 4.57 Å². The summed E-state index contributed by atoms with van der Waals surface area (Å²) in [5.41, 5.74) is 0. The van der Waals surface area contributed by atoms with Gasteiger partial charge in [0.05, 0.1) is 34.4 Å². The van der Waals surface area contributed by atoms with E-state index in [0.717, 1.165) is 19.3 Å². The summed E-state index contributed by atoms with van der Waals surface area (Å²) in [6.45, 7) is 2.71. The summed E-state index contributed by atoms with van der Waals surface area (Å²) < 4.78 is 33.0. The van der Waals surface area contributed by atoms with Crippen molar-refractivity contribution in [1.29, 1.82) is 0 Å². The van der Waals surface area contributed by atoms with Gasteiger partial charge in [0, 0.05) is 13.5 Å². The van der Waals surface area contributed by atoms with E-state index in [-0.39, 0.29) is 25.8 Å². The number of rotatable bonds is 22. The largest absolute Gasteiger partial charge is 0.472 e. The molecule has 0 heterocycles. The van der Waals surface area contributed by atoms with Crippen LogP contribution in [-0.4, -0.2) is 76.1 Å². The molecule has 0 aliphatic rings. The summed E-state index contributed by atoms with van der Waals surface area (Å²) in [7, 11) is 3.13. The van der Waals surface area contributed by atoms with Crippen LogP contribution in [0.15, 0.2) is 0 Å². The highest BCUT2D eigenvalue weighted by Gasteiger charge is 2.26. The van der Waals surface area contributed by atoms with Crippen LogP contribution < -0.4 is 0 Å². The number of hydrogen-bond acceptors (Lipinski definition) is 6. The molecule has 8 nitrogen and oxygen atoms in total. The van der Waals surface area contributed by atoms with Crippen LogP contribution in [0.25, 0.3) is 0 Å². The third-order valence-electron chi connectivity index (χ3n) is 5.08. The van der Waals surface area contributed by atoms with Gasteiger partial charge >= 0.3 is 13.8 Å². The zero-order valence-corrected chi connectivity index (χ0v) is 22.1. The average Bonchev–Trinajstić information content (AvgIpc) is 2.69. The summed E-state index contributed by atoms with van der Waals surface area (Å²) in [6.07, 6.45) is 12.9. The zero-order valence-electron chi connectivity index (χ0n) is 21.2. The van der Waals surface area contributed by atoms with Crippen molar-refractivity contribution in [3.8, 4) is 0 Å². The summed E-state index contributed by atoms with van der Waals surface area (Å²) in [5.74, 6) is -0.342. The van der Waals surface area contributed by atoms with Crippen LogP contribution in [0.4, 0.5) is 0 Å². The third-order valence-corrected chi connectivity index (χ3v) is 6.06. The van der Waals surface area contributed by atoms with Gasteiger partial charge in [0.1, 0.15) is 19.3 Å². The minimum absolute atomic E-state index is 0.0862. The van der Waals surface area contributed by atoms with E-state index in [1.54, 1.807) is 0 Å². The van der Waals surface area contributed by atoms with Gasteiger partial charge in [-0.3, -0.25) is 13.8 Å². The topological polar surface area (TPSA) is 91.3 Å². The molecule has 1 unspecified atom stereocenters. The number of carbonyl (C=O) groups excluding carboxylic acids is 1. The van der Waals surface area contributed by atoms with Crippen LogP contribution >= 0.6 is 7.82 Å². The van der Waals surface area contributed by atoms with Crippen molar-refractivity contribution < 1.29 is 37.3 Å². The van der Waals surface area contributed by atoms with Crippen molar-refractivity contribution in [2.45, 2.75) is 90.1 Å². The Morgan fingerprint density at radius 3 is 1.91 bits per heavy atom. The lowest BCUT2D eigenvalue weighted by Crippen LogP contribution is -2.37. The standard InChI is InChI=1S/C23H48NO7P/c1-6-7-8-9-10-11-12-13-14-15-16-17-23(25)31-22(20-28-5)21-30-32(26,27)29-19-18-24(2,3)4/h22H,6-21H2,1-5H3/p+1/t22-/m1/s1. The van der Waals surface area contributed by atoms with Gasteiger partial charge in [-0.05, 0) is 6.42 Å². The predicted molar refractivity (Wildman–Crippen MR) is 127 cm³/mol. The minimum Gasteiger partial charge on any atom is -0.457 e. The maximum Gasteiger partial charge on any atom is 0.472 e. The molecule has 0 aromatic rings. The predicted octanol–water partition coefficient (Wildman–Crippen LogP) is 5.09. The Labute approximate surface area is 196 Å². The van der Waals surface area contributed by atoms with Gasteiger partial charge in [-0.2, -0.15) is 0 Å². The molecule has 0 aromatic heterocycles. The first-order valence-corrected chi connectivity index (χ1v) is 13.7. The fourth-order valence-corrected chi connectivity index (χ4v) is 3.87. The molecule has 0 fully saturated rings. The molecule has 0 saturated carbocycles. The van der Waals surface area contributed by atoms with Crippen LogP contribution in [0, 0.1) is 0 Å². The molecule has 0 aromatic carbocycles. The monoisotopic (exact) mass is 482 g/mol. The summed E-state index contributed by atoms with van der Waals surface area (Å²) in [4.78, 5) is 21.9. The number of methoxy groups -OCH3 is 1. The molecule has 9 heteroatoms. The van der Waals surface area contributed by atoms with Crippen LogP contribution in [-0.2, 0) is 27.9 Å². The maximum absolute atomic E-state index is 12.1. The van der Waals surface area contributed by atoms with Crippen molar-refractivity contribution in [1.82, 2.24) is 0 Å². The first-order chi connectivity index (χ1) is 15.1. The Morgan fingerprint density at radius 2 is 1.41 bits per heavy atom. The molecule has 192 valence electrons. The second-order valence-electron chi connectivity index (χ2n) is 9.46. The lowest BCUT2D eigenvalue weighted by molar-refractivity contribution is -0.870. The van der Waals surface area contributed by atoms with Gasteiger partial charge in [-0.15, -0.1) is 0 Å². The van der Waals surface area contributed by atoms with Crippen molar-refractivity contribution >= 4 is 13.8 Å². The molecule has 0 spiro atoms. The number of esters is 1. The molecule has 0 aliphatic carbocycles. The Hall–Kier alpha value is -0.500. The Bertz CT molecular complexity index is 511. The number of quaternary nitrogens is 1. The van der Waals surface area contributed by atoms with Crippen LogP contribution in [0.1, 0.15) is 84.0 Å². The second kappa shape index (κ2) is 18.9. The maximum atomic E-state index is 12.1. The van der Waals surface area contributed by atoms with Gasteiger partial charge in [0.2, 0.25) is 0 Å². The normalized spacial score (nSPS) is 14.8. The van der Waals surface area contributed by atoms with Crippen molar-refractivity contribution in [3.05, 3.63) is 0 Å².